The summed E-state index contributed by atoms with van der Waals surface area (Å²) in [4.78, 5) is 15.7. The Balaban J connectivity index is 2.64. The Morgan fingerprint density at radius 2 is 2.13 bits per heavy atom. The van der Waals surface area contributed by atoms with Crippen LogP contribution in [-0.2, 0) is 4.74 Å². The molecule has 0 aliphatic heterocycles. The fraction of sp³-hybridized carbons (Fsp3) is 0.273. The maximum atomic E-state index is 11.3. The number of methoxy groups -OCH3 is 1. The highest BCUT2D eigenvalue weighted by Crippen LogP contribution is 2.12. The van der Waals surface area contributed by atoms with Crippen LogP contribution in [0.4, 0.5) is 0 Å². The van der Waals surface area contributed by atoms with Crippen molar-refractivity contribution in [2.24, 2.45) is 0 Å². The van der Waals surface area contributed by atoms with Gasteiger partial charge in [-0.2, -0.15) is 0 Å². The summed E-state index contributed by atoms with van der Waals surface area (Å²) in [5.41, 5.74) is 3.39. The van der Waals surface area contributed by atoms with Crippen LogP contribution in [0.25, 0.3) is 5.65 Å². The number of aromatic nitrogens is 2. The van der Waals surface area contributed by atoms with E-state index in [1.807, 2.05) is 24.3 Å². The van der Waals surface area contributed by atoms with Crippen molar-refractivity contribution in [3.8, 4) is 0 Å². The molecule has 4 heteroatoms. The van der Waals surface area contributed by atoms with Crippen LogP contribution >= 0.6 is 0 Å². The molecule has 2 rings (SSSR count). The van der Waals surface area contributed by atoms with Gasteiger partial charge < -0.3 is 9.14 Å². The van der Waals surface area contributed by atoms with Crippen LogP contribution < -0.4 is 0 Å². The van der Waals surface area contributed by atoms with E-state index in [0.29, 0.717) is 5.56 Å². The third-order valence-electron chi connectivity index (χ3n) is 2.52. The molecule has 2 aromatic rings. The number of rotatable bonds is 1. The third kappa shape index (κ3) is 1.48. The largest absolute Gasteiger partial charge is 0.465 e. The minimum absolute atomic E-state index is 0.331. The van der Waals surface area contributed by atoms with E-state index in [1.54, 1.807) is 12.3 Å². The molecular weight excluding hydrogens is 192 g/mol. The first kappa shape index (κ1) is 9.71. The second kappa shape index (κ2) is 3.38. The van der Waals surface area contributed by atoms with Crippen LogP contribution in [0, 0.1) is 13.8 Å². The quantitative estimate of drug-likeness (QED) is 0.664. The number of hydrogen-bond acceptors (Lipinski definition) is 3. The molecule has 0 unspecified atom stereocenters. The van der Waals surface area contributed by atoms with Gasteiger partial charge in [0.15, 0.2) is 0 Å². The highest BCUT2D eigenvalue weighted by molar-refractivity contribution is 5.89. The lowest BCUT2D eigenvalue weighted by Crippen LogP contribution is -2.03. The van der Waals surface area contributed by atoms with Gasteiger partial charge in [-0.15, -0.1) is 0 Å². The second-order valence-electron chi connectivity index (χ2n) is 3.42. The number of imidazole rings is 1. The van der Waals surface area contributed by atoms with Gasteiger partial charge in [-0.05, 0) is 26.0 Å². The fourth-order valence-corrected chi connectivity index (χ4v) is 1.52. The summed E-state index contributed by atoms with van der Waals surface area (Å²) in [6.45, 7) is 3.91. The summed E-state index contributed by atoms with van der Waals surface area (Å²) in [6.07, 6.45) is 1.75. The zero-order chi connectivity index (χ0) is 11.0. The standard InChI is InChI=1S/C11H12N2O2/c1-7-8(2)13-6-9(11(14)15-3)4-5-10(13)12-7/h4-6H,1-3H3. The van der Waals surface area contributed by atoms with Gasteiger partial charge in [0.1, 0.15) is 5.65 Å². The van der Waals surface area contributed by atoms with E-state index in [4.69, 9.17) is 0 Å². The summed E-state index contributed by atoms with van der Waals surface area (Å²) in [5.74, 6) is -0.331. The Kier molecular flexibility index (Phi) is 2.19. The molecular formula is C11H12N2O2. The van der Waals surface area contributed by atoms with Crippen LogP contribution in [0.3, 0.4) is 0 Å². The lowest BCUT2D eigenvalue weighted by atomic mass is 10.3. The van der Waals surface area contributed by atoms with Crippen molar-refractivity contribution in [3.63, 3.8) is 0 Å². The number of carbonyl (C=O) groups is 1. The number of fused-ring (bicyclic) bond motifs is 1. The van der Waals surface area contributed by atoms with Crippen molar-refractivity contribution in [2.45, 2.75) is 13.8 Å². The fourth-order valence-electron chi connectivity index (χ4n) is 1.52. The minimum Gasteiger partial charge on any atom is -0.465 e. The van der Waals surface area contributed by atoms with Gasteiger partial charge in [0.25, 0.3) is 0 Å². The molecule has 0 N–H and O–H groups in total. The number of hydrogen-bond donors (Lipinski definition) is 0. The Bertz CT molecular complexity index is 529. The normalized spacial score (nSPS) is 10.6. The molecule has 0 fully saturated rings. The van der Waals surface area contributed by atoms with E-state index in [1.165, 1.54) is 7.11 Å². The van der Waals surface area contributed by atoms with Crippen molar-refractivity contribution in [1.29, 1.82) is 0 Å². The SMILES string of the molecule is COC(=O)c1ccc2nc(C)c(C)n2c1. The molecule has 0 amide bonds. The maximum Gasteiger partial charge on any atom is 0.339 e. The highest BCUT2D eigenvalue weighted by Gasteiger charge is 2.09. The van der Waals surface area contributed by atoms with Crippen molar-refractivity contribution < 1.29 is 9.53 Å². The number of nitrogens with zero attached hydrogens (tertiary/aromatic N) is 2. The molecule has 0 atom stereocenters. The van der Waals surface area contributed by atoms with Gasteiger partial charge in [0.2, 0.25) is 0 Å². The molecule has 2 aromatic heterocycles. The zero-order valence-electron chi connectivity index (χ0n) is 8.94. The number of esters is 1. The lowest BCUT2D eigenvalue weighted by molar-refractivity contribution is 0.0600. The molecule has 2 heterocycles. The molecule has 4 nitrogen and oxygen atoms in total. The van der Waals surface area contributed by atoms with Gasteiger partial charge in [0.05, 0.1) is 18.4 Å². The Labute approximate surface area is 87.5 Å². The summed E-state index contributed by atoms with van der Waals surface area (Å²) in [7, 11) is 1.37. The molecule has 0 radical (unpaired) electrons. The summed E-state index contributed by atoms with van der Waals surface area (Å²) < 4.78 is 6.55. The first-order chi connectivity index (χ1) is 7.13. The van der Waals surface area contributed by atoms with Crippen LogP contribution in [0.2, 0.25) is 0 Å². The van der Waals surface area contributed by atoms with Crippen LogP contribution in [0.1, 0.15) is 21.7 Å². The molecule has 0 saturated carbocycles. The molecule has 0 spiro atoms. The van der Waals surface area contributed by atoms with E-state index in [0.717, 1.165) is 17.0 Å². The minimum atomic E-state index is -0.331. The van der Waals surface area contributed by atoms with Gasteiger partial charge >= 0.3 is 5.97 Å². The topological polar surface area (TPSA) is 43.6 Å². The van der Waals surface area contributed by atoms with Gasteiger partial charge in [-0.25, -0.2) is 9.78 Å². The maximum absolute atomic E-state index is 11.3. The third-order valence-corrected chi connectivity index (χ3v) is 2.52. The molecule has 0 aromatic carbocycles. The van der Waals surface area contributed by atoms with Crippen molar-refractivity contribution in [3.05, 3.63) is 35.3 Å². The van der Waals surface area contributed by atoms with E-state index < -0.39 is 0 Å². The number of pyridine rings is 1. The zero-order valence-corrected chi connectivity index (χ0v) is 8.94. The average Bonchev–Trinajstić information content (AvgIpc) is 2.54. The van der Waals surface area contributed by atoms with E-state index in [-0.39, 0.29) is 5.97 Å². The van der Waals surface area contributed by atoms with Crippen LogP contribution in [-0.4, -0.2) is 22.5 Å². The monoisotopic (exact) mass is 204 g/mol. The average molecular weight is 204 g/mol. The molecule has 0 aliphatic rings. The molecule has 0 saturated heterocycles. The van der Waals surface area contributed by atoms with Crippen molar-refractivity contribution in [1.82, 2.24) is 9.38 Å². The predicted octanol–water partition coefficient (Wildman–Crippen LogP) is 1.74. The second-order valence-corrected chi connectivity index (χ2v) is 3.42. The van der Waals surface area contributed by atoms with Gasteiger partial charge in [0, 0.05) is 11.9 Å². The van der Waals surface area contributed by atoms with Crippen LogP contribution in [0.15, 0.2) is 18.3 Å². The first-order valence-corrected chi connectivity index (χ1v) is 4.67. The molecule has 0 bridgehead atoms. The van der Waals surface area contributed by atoms with Crippen molar-refractivity contribution in [2.75, 3.05) is 7.11 Å². The van der Waals surface area contributed by atoms with Crippen molar-refractivity contribution >= 4 is 11.6 Å². The number of ether oxygens (including phenoxy) is 1. The van der Waals surface area contributed by atoms with Crippen LogP contribution in [0.5, 0.6) is 0 Å². The summed E-state index contributed by atoms with van der Waals surface area (Å²) in [5, 5.41) is 0. The van der Waals surface area contributed by atoms with E-state index in [2.05, 4.69) is 9.72 Å². The van der Waals surface area contributed by atoms with E-state index >= 15 is 0 Å². The Hall–Kier alpha value is -1.84. The molecule has 15 heavy (non-hydrogen) atoms. The lowest BCUT2D eigenvalue weighted by Gasteiger charge is -2.01. The summed E-state index contributed by atoms with van der Waals surface area (Å²) in [6, 6.07) is 3.53. The smallest absolute Gasteiger partial charge is 0.339 e. The Morgan fingerprint density at radius 1 is 1.40 bits per heavy atom. The summed E-state index contributed by atoms with van der Waals surface area (Å²) >= 11 is 0. The Morgan fingerprint density at radius 3 is 2.80 bits per heavy atom. The van der Waals surface area contributed by atoms with Gasteiger partial charge in [-0.3, -0.25) is 0 Å². The molecule has 78 valence electrons. The predicted molar refractivity (Wildman–Crippen MR) is 56.0 cm³/mol. The first-order valence-electron chi connectivity index (χ1n) is 4.67. The molecule has 0 aliphatic carbocycles. The number of carbonyl (C=O) groups excluding carboxylic acids is 1. The number of aryl methyl sites for hydroxylation is 2. The van der Waals surface area contributed by atoms with E-state index in [9.17, 15) is 4.79 Å². The highest BCUT2D eigenvalue weighted by atomic mass is 16.5. The van der Waals surface area contributed by atoms with Gasteiger partial charge in [-0.1, -0.05) is 0 Å².